The van der Waals surface area contributed by atoms with Crippen molar-refractivity contribution in [2.45, 2.75) is 25.0 Å². The van der Waals surface area contributed by atoms with E-state index in [1.165, 1.54) is 6.07 Å². The normalized spacial score (nSPS) is 25.0. The number of carbonyl (C=O) groups excluding carboxylic acids is 1. The molecular formula is C21H22F2N2O2. The van der Waals surface area contributed by atoms with Gasteiger partial charge in [0.25, 0.3) is 0 Å². The van der Waals surface area contributed by atoms with Crippen molar-refractivity contribution in [2.75, 3.05) is 19.6 Å². The third kappa shape index (κ3) is 3.95. The van der Waals surface area contributed by atoms with E-state index in [1.54, 1.807) is 12.1 Å². The van der Waals surface area contributed by atoms with Crippen molar-refractivity contribution in [3.05, 3.63) is 71.3 Å². The van der Waals surface area contributed by atoms with Gasteiger partial charge in [-0.2, -0.15) is 0 Å². The van der Waals surface area contributed by atoms with E-state index >= 15 is 0 Å². The summed E-state index contributed by atoms with van der Waals surface area (Å²) in [7, 11) is 0. The second kappa shape index (κ2) is 7.64. The molecule has 27 heavy (non-hydrogen) atoms. The second-order valence-electron chi connectivity index (χ2n) is 7.26. The van der Waals surface area contributed by atoms with Crippen molar-refractivity contribution in [3.8, 4) is 0 Å². The van der Waals surface area contributed by atoms with Gasteiger partial charge in [0.1, 0.15) is 0 Å². The van der Waals surface area contributed by atoms with Gasteiger partial charge in [-0.05, 0) is 49.5 Å². The molecule has 3 fully saturated rings. The molecule has 2 aromatic carbocycles. The van der Waals surface area contributed by atoms with Crippen molar-refractivity contribution in [1.82, 2.24) is 10.2 Å². The van der Waals surface area contributed by atoms with Crippen molar-refractivity contribution in [2.24, 2.45) is 5.92 Å². The van der Waals surface area contributed by atoms with Gasteiger partial charge >= 0.3 is 6.09 Å². The number of ether oxygens (including phenoxy) is 1. The fourth-order valence-electron chi connectivity index (χ4n) is 4.05. The number of fused-ring (bicyclic) bond motifs is 3. The third-order valence-corrected chi connectivity index (χ3v) is 5.53. The van der Waals surface area contributed by atoms with Gasteiger partial charge in [-0.1, -0.05) is 36.4 Å². The van der Waals surface area contributed by atoms with Crippen molar-refractivity contribution >= 4 is 6.09 Å². The predicted molar refractivity (Wildman–Crippen MR) is 97.2 cm³/mol. The molecule has 3 aliphatic rings. The van der Waals surface area contributed by atoms with Gasteiger partial charge in [-0.25, -0.2) is 13.6 Å². The van der Waals surface area contributed by atoms with Crippen LogP contribution < -0.4 is 5.32 Å². The van der Waals surface area contributed by atoms with Crippen molar-refractivity contribution < 1.29 is 18.3 Å². The molecule has 1 N–H and O–H groups in total. The lowest BCUT2D eigenvalue weighted by atomic mass is 9.84. The molecule has 6 heteroatoms. The Morgan fingerprint density at radius 3 is 2.41 bits per heavy atom. The number of hydrogen-bond acceptors (Lipinski definition) is 3. The van der Waals surface area contributed by atoms with E-state index in [0.717, 1.165) is 44.6 Å². The summed E-state index contributed by atoms with van der Waals surface area (Å²) in [6, 6.07) is 12.7. The Labute approximate surface area is 157 Å². The first kappa shape index (κ1) is 17.9. The Bertz CT molecular complexity index is 807. The van der Waals surface area contributed by atoms with Crippen LogP contribution in [0.5, 0.6) is 0 Å². The predicted octanol–water partition coefficient (Wildman–Crippen LogP) is 3.87. The number of halogens is 2. The molecule has 5 rings (SSSR count). The zero-order valence-electron chi connectivity index (χ0n) is 14.9. The summed E-state index contributed by atoms with van der Waals surface area (Å²) < 4.78 is 32.7. The molecular weight excluding hydrogens is 350 g/mol. The molecule has 0 radical (unpaired) electrons. The third-order valence-electron chi connectivity index (χ3n) is 5.53. The van der Waals surface area contributed by atoms with Crippen LogP contribution in [0.4, 0.5) is 13.6 Å². The van der Waals surface area contributed by atoms with Crippen molar-refractivity contribution in [3.63, 3.8) is 0 Å². The lowest BCUT2D eigenvalue weighted by Gasteiger charge is -2.44. The van der Waals surface area contributed by atoms with E-state index in [2.05, 4.69) is 10.2 Å². The van der Waals surface area contributed by atoms with Gasteiger partial charge in [0.15, 0.2) is 17.7 Å². The molecule has 0 spiro atoms. The van der Waals surface area contributed by atoms with Crippen molar-refractivity contribution in [1.29, 1.82) is 0 Å². The van der Waals surface area contributed by atoms with Crippen LogP contribution in [0.1, 0.15) is 30.1 Å². The first-order valence-electron chi connectivity index (χ1n) is 9.29. The lowest BCUT2D eigenvalue weighted by molar-refractivity contribution is 0.0593. The average Bonchev–Trinajstić information content (AvgIpc) is 2.70. The highest BCUT2D eigenvalue weighted by Gasteiger charge is 2.35. The fourth-order valence-corrected chi connectivity index (χ4v) is 4.05. The summed E-state index contributed by atoms with van der Waals surface area (Å²) >= 11 is 0. The zero-order valence-corrected chi connectivity index (χ0v) is 14.9. The Balaban J connectivity index is 1.52. The summed E-state index contributed by atoms with van der Waals surface area (Å²) in [6.45, 7) is 3.00. The first-order valence-corrected chi connectivity index (χ1v) is 9.29. The van der Waals surface area contributed by atoms with E-state index in [1.807, 2.05) is 18.2 Å². The van der Waals surface area contributed by atoms with Crippen LogP contribution in [0, 0.1) is 17.6 Å². The number of carbonyl (C=O) groups is 1. The van der Waals surface area contributed by atoms with E-state index in [-0.39, 0.29) is 6.04 Å². The molecule has 2 atom stereocenters. The minimum atomic E-state index is -0.963. The number of rotatable bonds is 4. The Morgan fingerprint density at radius 1 is 1.04 bits per heavy atom. The number of amides is 1. The van der Waals surface area contributed by atoms with Crippen LogP contribution in [0.15, 0.2) is 48.5 Å². The molecule has 3 heterocycles. The van der Waals surface area contributed by atoms with Gasteiger partial charge < -0.3 is 15.0 Å². The van der Waals surface area contributed by atoms with E-state index in [4.69, 9.17) is 4.74 Å². The topological polar surface area (TPSA) is 41.6 Å². The molecule has 0 saturated carbocycles. The number of piperidine rings is 3. The molecule has 4 nitrogen and oxygen atoms in total. The number of nitrogens with one attached hydrogen (secondary N) is 1. The fraction of sp³-hybridized carbons (Fsp3) is 0.381. The number of hydrogen-bond donors (Lipinski definition) is 1. The second-order valence-corrected chi connectivity index (χ2v) is 7.26. The van der Waals surface area contributed by atoms with Gasteiger partial charge in [0.2, 0.25) is 0 Å². The number of benzene rings is 2. The van der Waals surface area contributed by atoms with Crippen LogP contribution in [-0.2, 0) is 4.74 Å². The molecule has 3 aliphatic heterocycles. The number of alkyl carbamates (subject to hydrolysis) is 1. The van der Waals surface area contributed by atoms with Crippen LogP contribution in [0.25, 0.3) is 0 Å². The summed E-state index contributed by atoms with van der Waals surface area (Å²) in [5, 5.41) is 2.98. The van der Waals surface area contributed by atoms with Crippen LogP contribution >= 0.6 is 0 Å². The maximum atomic E-state index is 13.7. The SMILES string of the molecule is O=C(NC1CN2CCC1CC2)OC(c1ccccc1)c1ccc(F)c(F)c1. The Hall–Kier alpha value is -2.47. The highest BCUT2D eigenvalue weighted by molar-refractivity contribution is 5.68. The van der Waals surface area contributed by atoms with Gasteiger partial charge in [-0.15, -0.1) is 0 Å². The molecule has 142 valence electrons. The van der Waals surface area contributed by atoms with Crippen LogP contribution in [0.3, 0.4) is 0 Å². The van der Waals surface area contributed by atoms with E-state index in [0.29, 0.717) is 17.0 Å². The molecule has 2 aromatic rings. The number of nitrogens with zero attached hydrogens (tertiary/aromatic N) is 1. The molecule has 2 unspecified atom stereocenters. The monoisotopic (exact) mass is 372 g/mol. The summed E-state index contributed by atoms with van der Waals surface area (Å²) in [5.74, 6) is -1.42. The van der Waals surface area contributed by atoms with E-state index in [9.17, 15) is 13.6 Å². The maximum Gasteiger partial charge on any atom is 0.408 e. The maximum absolute atomic E-state index is 13.7. The van der Waals surface area contributed by atoms with Gasteiger partial charge in [0.05, 0.1) is 0 Å². The summed E-state index contributed by atoms with van der Waals surface area (Å²) in [6.07, 6.45) is 0.821. The highest BCUT2D eigenvalue weighted by atomic mass is 19.2. The zero-order chi connectivity index (χ0) is 18.8. The van der Waals surface area contributed by atoms with Crippen LogP contribution in [0.2, 0.25) is 0 Å². The highest BCUT2D eigenvalue weighted by Crippen LogP contribution is 2.30. The standard InChI is InChI=1S/C21H22F2N2O2/c22-17-7-6-16(12-18(17)23)20(15-4-2-1-3-5-15)27-21(26)24-19-13-25-10-8-14(19)9-11-25/h1-7,12,14,19-20H,8-11,13H2,(H,24,26). The minimum Gasteiger partial charge on any atom is -0.436 e. The average molecular weight is 372 g/mol. The summed E-state index contributed by atoms with van der Waals surface area (Å²) in [5.41, 5.74) is 1.09. The molecule has 3 saturated heterocycles. The molecule has 2 bridgehead atoms. The minimum absolute atomic E-state index is 0.0707. The molecule has 0 aliphatic carbocycles. The van der Waals surface area contributed by atoms with Crippen LogP contribution in [-0.4, -0.2) is 36.7 Å². The summed E-state index contributed by atoms with van der Waals surface area (Å²) in [4.78, 5) is 14.9. The first-order chi connectivity index (χ1) is 13.1. The lowest BCUT2D eigenvalue weighted by Crippen LogP contribution is -2.57. The largest absolute Gasteiger partial charge is 0.436 e. The van der Waals surface area contributed by atoms with Gasteiger partial charge in [0, 0.05) is 18.2 Å². The molecule has 1 amide bonds. The molecule has 0 aromatic heterocycles. The van der Waals surface area contributed by atoms with Gasteiger partial charge in [-0.3, -0.25) is 0 Å². The van der Waals surface area contributed by atoms with E-state index < -0.39 is 23.8 Å². The Kier molecular flexibility index (Phi) is 5.07. The smallest absolute Gasteiger partial charge is 0.408 e. The Morgan fingerprint density at radius 2 is 1.78 bits per heavy atom. The quantitative estimate of drug-likeness (QED) is 0.886.